The van der Waals surface area contributed by atoms with Gasteiger partial charge in [0.05, 0.1) is 130 Å². The summed E-state index contributed by atoms with van der Waals surface area (Å²) in [7, 11) is 1.37. The zero-order valence-electron chi connectivity index (χ0n) is 67.6. The van der Waals surface area contributed by atoms with Gasteiger partial charge in [0.2, 0.25) is 5.15 Å². The van der Waals surface area contributed by atoms with Crippen LogP contribution in [-0.2, 0) is 59.1 Å². The number of halogens is 1. The van der Waals surface area contributed by atoms with E-state index in [1.165, 1.54) is 109 Å². The van der Waals surface area contributed by atoms with Gasteiger partial charge in [0, 0.05) is 55.9 Å². The Labute approximate surface area is 683 Å². The molecule has 28 nitrogen and oxygen atoms in total. The fraction of sp³-hybridized carbons (Fsp3) is 0.471. The molecule has 7 aromatic rings. The number of nitrogens with two attached hydrogens (primary N) is 1. The molecule has 0 amide bonds. The first kappa shape index (κ1) is 91.9. The van der Waals surface area contributed by atoms with Gasteiger partial charge in [-0.25, -0.2) is 38.5 Å². The lowest BCUT2D eigenvalue weighted by Crippen LogP contribution is -2.23. The fourth-order valence-electron chi connectivity index (χ4n) is 13.8. The van der Waals surface area contributed by atoms with Crippen molar-refractivity contribution in [1.82, 2.24) is 15.0 Å². The Hall–Kier alpha value is -11.3. The third-order valence-corrected chi connectivity index (χ3v) is 20.2. The summed E-state index contributed by atoms with van der Waals surface area (Å²) >= 11 is 5.47. The third-order valence-electron chi connectivity index (χ3n) is 19.9. The van der Waals surface area contributed by atoms with Crippen LogP contribution in [0.15, 0.2) is 122 Å². The molecule has 4 fully saturated rings. The van der Waals surface area contributed by atoms with E-state index in [1.807, 2.05) is 54.6 Å². The first-order valence-corrected chi connectivity index (χ1v) is 40.7. The van der Waals surface area contributed by atoms with E-state index in [1.54, 1.807) is 84.1 Å². The first-order valence-electron chi connectivity index (χ1n) is 40.3. The Morgan fingerprint density at radius 1 is 0.397 bits per heavy atom. The number of hydrogen-bond donors (Lipinski definition) is 5. The second-order valence-corrected chi connectivity index (χ2v) is 28.7. The highest BCUT2D eigenvalue weighted by atomic mass is 35.5. The zero-order valence-corrected chi connectivity index (χ0v) is 68.4. The summed E-state index contributed by atoms with van der Waals surface area (Å²) < 4.78 is 34.5. The molecule has 29 heteroatoms. The molecule has 6 N–H and O–H groups in total. The molecule has 116 heavy (non-hydrogen) atoms. The molecule has 0 bridgehead atoms. The van der Waals surface area contributed by atoms with E-state index in [4.69, 9.17) is 45.8 Å². The number of nitrogens with one attached hydrogen (secondary N) is 4. The Morgan fingerprint density at radius 2 is 0.716 bits per heavy atom. The van der Waals surface area contributed by atoms with Gasteiger partial charge in [-0.3, -0.25) is 30.2 Å². The van der Waals surface area contributed by atoms with Crippen molar-refractivity contribution in [1.29, 1.82) is 0 Å². The van der Waals surface area contributed by atoms with Gasteiger partial charge in [0.1, 0.15) is 5.69 Å². The lowest BCUT2D eigenvalue weighted by molar-refractivity contribution is -0.386. The molecule has 0 unspecified atom stereocenters. The predicted molar refractivity (Wildman–Crippen MR) is 444 cm³/mol. The van der Waals surface area contributed by atoms with Crippen LogP contribution in [-0.4, -0.2) is 125 Å². The Morgan fingerprint density at radius 3 is 1.09 bits per heavy atom. The van der Waals surface area contributed by atoms with Gasteiger partial charge in [0.25, 0.3) is 5.69 Å². The van der Waals surface area contributed by atoms with Crippen molar-refractivity contribution >= 4 is 93.2 Å². The van der Waals surface area contributed by atoms with Crippen LogP contribution in [0.4, 0.5) is 39.8 Å². The summed E-state index contributed by atoms with van der Waals surface area (Å²) in [6, 6.07) is 30.7. The number of carbonyl (C=O) groups excluding carboxylic acids is 7. The minimum atomic E-state index is -0.710. The topological polar surface area (TPSA) is 383 Å². The monoisotopic (exact) mass is 1620 g/mol. The average molecular weight is 1620 g/mol. The summed E-state index contributed by atoms with van der Waals surface area (Å²) in [5.41, 5.74) is 15.9. The Kier molecular flexibility index (Phi) is 39.2. The van der Waals surface area contributed by atoms with Crippen LogP contribution in [0.1, 0.15) is 265 Å². The van der Waals surface area contributed by atoms with Crippen LogP contribution in [0.25, 0.3) is 0 Å². The first-order chi connectivity index (χ1) is 56.1. The molecule has 4 aromatic carbocycles. The largest absolute Gasteiger partial charge is 0.465 e. The second kappa shape index (κ2) is 49.5. The number of ether oxygens (including phenoxy) is 7. The summed E-state index contributed by atoms with van der Waals surface area (Å²) in [5.74, 6) is -1.76. The number of nitrogens with zero attached hydrogens (tertiary/aromatic N) is 5. The van der Waals surface area contributed by atoms with Crippen LogP contribution in [0.3, 0.4) is 0 Å². The van der Waals surface area contributed by atoms with Crippen molar-refractivity contribution in [3.63, 3.8) is 0 Å². The van der Waals surface area contributed by atoms with Gasteiger partial charge in [-0.05, 0) is 170 Å². The van der Waals surface area contributed by atoms with Gasteiger partial charge in [-0.15, -0.1) is 0 Å². The molecule has 11 rings (SSSR count). The van der Waals surface area contributed by atoms with Gasteiger partial charge in [0.15, 0.2) is 0 Å². The minimum Gasteiger partial charge on any atom is -0.465 e. The van der Waals surface area contributed by atoms with Crippen molar-refractivity contribution in [3.05, 3.63) is 209 Å². The van der Waals surface area contributed by atoms with Crippen LogP contribution in [0, 0.1) is 32.1 Å². The summed E-state index contributed by atoms with van der Waals surface area (Å²) in [4.78, 5) is 115. The van der Waals surface area contributed by atoms with Crippen LogP contribution < -0.4 is 27.0 Å². The highest BCUT2D eigenvalue weighted by molar-refractivity contribution is 6.31. The van der Waals surface area contributed by atoms with E-state index in [-0.39, 0.29) is 65.0 Å². The van der Waals surface area contributed by atoms with E-state index in [9.17, 15) is 53.8 Å². The molecule has 4 saturated carbocycles. The second-order valence-electron chi connectivity index (χ2n) is 28.3. The molecule has 4 aliphatic carbocycles. The number of anilines is 5. The van der Waals surface area contributed by atoms with Crippen molar-refractivity contribution in [2.45, 2.75) is 208 Å². The number of nitrogen functional groups attached to an aromatic ring is 1. The van der Waals surface area contributed by atoms with E-state index in [0.717, 1.165) is 96.8 Å². The number of esters is 7. The van der Waals surface area contributed by atoms with Gasteiger partial charge in [-0.1, -0.05) is 139 Å². The molecular weight excluding hydrogens is 1510 g/mol. The maximum atomic E-state index is 12.2. The molecule has 624 valence electrons. The highest BCUT2D eigenvalue weighted by Gasteiger charge is 2.26. The number of rotatable bonds is 29. The molecule has 0 saturated heterocycles. The maximum Gasteiger partial charge on any atom is 0.339 e. The fourth-order valence-corrected chi connectivity index (χ4v) is 14.0. The highest BCUT2D eigenvalue weighted by Crippen LogP contribution is 2.34. The maximum absolute atomic E-state index is 12.2. The molecule has 0 radical (unpaired) electrons. The van der Waals surface area contributed by atoms with Crippen LogP contribution in [0.2, 0.25) is 5.15 Å². The lowest BCUT2D eigenvalue weighted by atomic mass is 9.86. The SMILES string of the molecule is CCOC(=O)c1ccc(CNc2cc(C(=O)OCC)ccc2NC2CCCCC2)cc1.CCOC(=O)c1ccc(NC2CCCCC2)c(NCc2ccc(C(=O)OC)cc2)c1.CCOC(=O)c1cnc(CC2CCCCC2)c(N)c1.CCOC(=O)c1cnc(CC2CCCCC2)c([N+](=O)[O-])c1.CCOC(=O)c1cnc(Cl)c([N+](=O)[O-])c1. The van der Waals surface area contributed by atoms with E-state index >= 15 is 0 Å². The smallest absolute Gasteiger partial charge is 0.339 e. The normalized spacial score (nSPS) is 14.1. The number of benzene rings is 4. The molecule has 0 atom stereocenters. The number of methoxy groups -OCH3 is 1. The predicted octanol–water partition coefficient (Wildman–Crippen LogP) is 18.5. The molecule has 4 aliphatic rings. The summed E-state index contributed by atoms with van der Waals surface area (Å²) in [5, 5.41) is 35.6. The average Bonchev–Trinajstić information content (AvgIpc) is 0.832. The molecule has 0 aliphatic heterocycles. The van der Waals surface area contributed by atoms with Gasteiger partial charge >= 0.3 is 47.5 Å². The molecule has 3 heterocycles. The number of carbonyl (C=O) groups is 7. The zero-order chi connectivity index (χ0) is 83.7. The molecular formula is C87H111ClN10O18. The van der Waals surface area contributed by atoms with E-state index in [2.05, 4.69) is 41.0 Å². The van der Waals surface area contributed by atoms with Crippen molar-refractivity contribution in [3.8, 4) is 0 Å². The van der Waals surface area contributed by atoms with Crippen molar-refractivity contribution in [2.24, 2.45) is 11.8 Å². The molecule has 3 aromatic heterocycles. The molecule has 0 spiro atoms. The lowest BCUT2D eigenvalue weighted by Gasteiger charge is -2.25. The Bertz CT molecular complexity index is 4350. The standard InChI is InChI=1S/C25H32N2O4.C24H30N2O4.C15H20N2O4.C15H22N2O2.C8H7ClN2O4/c1-3-30-24(28)19-12-10-18(11-13-19)17-26-23-16-20(25(29)31-4-2)14-15-22(23)27-21-8-6-5-7-9-21;1-3-30-24(28)19-13-14-21(26-20-7-5-4-6-8-20)22(15-19)25-16-17-9-11-18(12-10-17)23(27)29-2;1-2-21-15(18)12-9-14(17(19)20)13(16-10-12)8-11-6-4-3-5-7-11;1-2-19-15(18)12-9-13(16)14(17-10-12)8-11-6-4-3-5-7-11;1-2-15-8(12)5-3-6(11(13)14)7(9)10-4-5/h10-16,21,26-27H,3-9,17H2,1-2H3;9-15,20,25-26H,3-8,16H2,1-2H3;9-11H,2-8H2,1H3;9-11H,2-8,16H2,1H3;3-4H,2H2,1H3. The number of pyridine rings is 3. The summed E-state index contributed by atoms with van der Waals surface area (Å²) in [6.45, 7) is 13.5. The Balaban J connectivity index is 0.000000205. The quantitative estimate of drug-likeness (QED) is 0.00955. The van der Waals surface area contributed by atoms with E-state index < -0.39 is 27.5 Å². The van der Waals surface area contributed by atoms with Crippen molar-refractivity contribution in [2.75, 3.05) is 73.8 Å². The van der Waals surface area contributed by atoms with Gasteiger partial charge < -0.3 is 60.2 Å². The number of aromatic nitrogens is 3. The van der Waals surface area contributed by atoms with E-state index in [0.29, 0.717) is 109 Å². The number of hydrogen-bond acceptors (Lipinski definition) is 26. The summed E-state index contributed by atoms with van der Waals surface area (Å²) in [6.07, 6.45) is 30.1. The third kappa shape index (κ3) is 30.2. The van der Waals surface area contributed by atoms with Crippen molar-refractivity contribution < 1.29 is 76.6 Å². The minimum absolute atomic E-state index is 0.00736. The van der Waals surface area contributed by atoms with Gasteiger partial charge in [-0.2, -0.15) is 0 Å². The van der Waals surface area contributed by atoms with Crippen LogP contribution >= 0.6 is 11.6 Å². The number of nitro groups is 2. The van der Waals surface area contributed by atoms with Crippen LogP contribution in [0.5, 0.6) is 0 Å².